The molecule has 0 bridgehead atoms. The number of hydrogen-bond acceptors (Lipinski definition) is 6. The van der Waals surface area contributed by atoms with Crippen molar-refractivity contribution in [3.05, 3.63) is 41.5 Å². The second-order valence-electron chi connectivity index (χ2n) is 11.0. The smallest absolute Gasteiger partial charge is 0.475 e. The molecule has 1 spiro atoms. The lowest BCUT2D eigenvalue weighted by atomic mass is 9.60. The summed E-state index contributed by atoms with van der Waals surface area (Å²) in [4.78, 5) is 20.2. The zero-order valence-electron chi connectivity index (χ0n) is 23.2. The molecule has 0 amide bonds. The van der Waals surface area contributed by atoms with Crippen LogP contribution in [0.1, 0.15) is 44.6 Å². The Balaban J connectivity index is 0.000000367. The van der Waals surface area contributed by atoms with Gasteiger partial charge in [-0.25, -0.2) is 18.0 Å². The van der Waals surface area contributed by atoms with Gasteiger partial charge in [-0.05, 0) is 55.5 Å². The lowest BCUT2D eigenvalue weighted by Crippen LogP contribution is -2.66. The van der Waals surface area contributed by atoms with E-state index in [1.165, 1.54) is 31.1 Å². The highest BCUT2D eigenvalue weighted by Gasteiger charge is 2.53. The summed E-state index contributed by atoms with van der Waals surface area (Å²) >= 11 is 0. The SMILES string of the molecule is CC/C(=C\c1ccccc1)[C@H]1C[C@@H]1NC1CC2(C1)CN(CCCS(C)(=O)=O)C2.O=C(O)C(F)(F)F.O=C(O)C(F)(F)F. The highest BCUT2D eigenvalue weighted by atomic mass is 32.2. The molecule has 1 aromatic carbocycles. The van der Waals surface area contributed by atoms with Crippen molar-refractivity contribution in [2.45, 2.75) is 63.5 Å². The maximum Gasteiger partial charge on any atom is 0.490 e. The van der Waals surface area contributed by atoms with Crippen LogP contribution < -0.4 is 5.32 Å². The van der Waals surface area contributed by atoms with E-state index in [9.17, 15) is 34.8 Å². The van der Waals surface area contributed by atoms with Gasteiger partial charge in [-0.2, -0.15) is 26.3 Å². The maximum absolute atomic E-state index is 11.2. The third-order valence-electron chi connectivity index (χ3n) is 7.23. The summed E-state index contributed by atoms with van der Waals surface area (Å²) in [6.45, 7) is 5.53. The minimum atomic E-state index is -5.08. The van der Waals surface area contributed by atoms with Gasteiger partial charge in [0.25, 0.3) is 0 Å². The number of halogens is 6. The lowest BCUT2D eigenvalue weighted by molar-refractivity contribution is -0.193. The van der Waals surface area contributed by atoms with Crippen molar-refractivity contribution in [3.63, 3.8) is 0 Å². The first-order chi connectivity index (χ1) is 19.2. The summed E-state index contributed by atoms with van der Waals surface area (Å²) in [6.07, 6.45) is -0.673. The average Bonchev–Trinajstić information content (AvgIpc) is 3.58. The van der Waals surface area contributed by atoms with Gasteiger partial charge in [0.15, 0.2) is 0 Å². The molecule has 4 rings (SSSR count). The molecule has 42 heavy (non-hydrogen) atoms. The summed E-state index contributed by atoms with van der Waals surface area (Å²) in [6, 6.07) is 12.0. The number of hydrogen-bond donors (Lipinski definition) is 3. The van der Waals surface area contributed by atoms with E-state index in [0.717, 1.165) is 38.4 Å². The Morgan fingerprint density at radius 3 is 1.95 bits per heavy atom. The van der Waals surface area contributed by atoms with Crippen LogP contribution in [0.3, 0.4) is 0 Å². The molecule has 15 heteroatoms. The number of likely N-dealkylation sites (tertiary alicyclic amines) is 1. The van der Waals surface area contributed by atoms with Gasteiger partial charge in [0.1, 0.15) is 9.84 Å². The first kappa shape index (κ1) is 35.5. The Morgan fingerprint density at radius 2 is 1.52 bits per heavy atom. The number of rotatable bonds is 9. The molecule has 3 fully saturated rings. The molecule has 2 aliphatic carbocycles. The summed E-state index contributed by atoms with van der Waals surface area (Å²) in [7, 11) is -2.82. The van der Waals surface area contributed by atoms with Crippen molar-refractivity contribution in [1.82, 2.24) is 10.2 Å². The number of carboxylic acid groups (broad SMARTS) is 2. The van der Waals surface area contributed by atoms with Gasteiger partial charge < -0.3 is 20.4 Å². The first-order valence-electron chi connectivity index (χ1n) is 13.3. The predicted molar refractivity (Wildman–Crippen MR) is 143 cm³/mol. The first-order valence-corrected chi connectivity index (χ1v) is 15.3. The molecule has 238 valence electrons. The largest absolute Gasteiger partial charge is 0.490 e. The molecule has 2 atom stereocenters. The maximum atomic E-state index is 11.2. The van der Waals surface area contributed by atoms with Gasteiger partial charge in [-0.15, -0.1) is 0 Å². The van der Waals surface area contributed by atoms with Crippen molar-refractivity contribution >= 4 is 27.9 Å². The van der Waals surface area contributed by atoms with Crippen LogP contribution in [0.2, 0.25) is 0 Å². The van der Waals surface area contributed by atoms with E-state index in [2.05, 4.69) is 53.5 Å². The molecule has 3 aliphatic rings. The fourth-order valence-electron chi connectivity index (χ4n) is 5.30. The summed E-state index contributed by atoms with van der Waals surface area (Å²) in [5, 5.41) is 18.2. The fourth-order valence-corrected chi connectivity index (χ4v) is 5.95. The second kappa shape index (κ2) is 14.2. The predicted octanol–water partition coefficient (Wildman–Crippen LogP) is 4.62. The highest BCUT2D eigenvalue weighted by molar-refractivity contribution is 7.90. The minimum Gasteiger partial charge on any atom is -0.475 e. The van der Waals surface area contributed by atoms with E-state index in [4.69, 9.17) is 19.8 Å². The zero-order chi connectivity index (χ0) is 31.9. The van der Waals surface area contributed by atoms with E-state index >= 15 is 0 Å². The Bertz CT molecular complexity index is 1170. The van der Waals surface area contributed by atoms with E-state index in [-0.39, 0.29) is 0 Å². The van der Waals surface area contributed by atoms with Gasteiger partial charge in [0.05, 0.1) is 5.75 Å². The van der Waals surface area contributed by atoms with Crippen LogP contribution in [0.4, 0.5) is 26.3 Å². The van der Waals surface area contributed by atoms with Gasteiger partial charge in [-0.3, -0.25) is 0 Å². The summed E-state index contributed by atoms with van der Waals surface area (Å²) in [5.41, 5.74) is 3.43. The molecule has 3 N–H and O–H groups in total. The van der Waals surface area contributed by atoms with Crippen LogP contribution in [0, 0.1) is 11.3 Å². The molecular weight excluding hydrogens is 594 g/mol. The summed E-state index contributed by atoms with van der Waals surface area (Å²) < 4.78 is 85.9. The molecule has 1 saturated heterocycles. The molecule has 1 heterocycles. The highest BCUT2D eigenvalue weighted by Crippen LogP contribution is 2.50. The molecule has 1 aromatic rings. The van der Waals surface area contributed by atoms with Crippen LogP contribution in [0.15, 0.2) is 35.9 Å². The zero-order valence-corrected chi connectivity index (χ0v) is 24.0. The molecule has 0 radical (unpaired) electrons. The standard InChI is InChI=1S/C23H34N2O2S.2C2HF3O2/c1-3-19(12-18-8-5-4-6-9-18)21-13-22(21)24-20-14-23(15-20)16-25(17-23)10-7-11-28(2,26)27;2*3-2(4,5)1(6)7/h4-6,8-9,12,20-22,24H,3,7,10-11,13-17H2,1-2H3;2*(H,6,7)/b19-12+;;/t21-,22+;;/m1../s1. The number of sulfone groups is 1. The number of carboxylic acids is 2. The molecule has 0 unspecified atom stereocenters. The minimum absolute atomic E-state index is 0.319. The van der Waals surface area contributed by atoms with E-state index in [1.54, 1.807) is 5.57 Å². The Morgan fingerprint density at radius 1 is 1.02 bits per heavy atom. The van der Waals surface area contributed by atoms with E-state index < -0.39 is 34.1 Å². The second-order valence-corrected chi connectivity index (χ2v) is 13.3. The van der Waals surface area contributed by atoms with E-state index in [1.807, 2.05) is 0 Å². The molecule has 0 aromatic heterocycles. The van der Waals surface area contributed by atoms with Gasteiger partial charge in [0.2, 0.25) is 0 Å². The third-order valence-corrected chi connectivity index (χ3v) is 8.26. The molecular formula is C27H36F6N2O6S. The van der Waals surface area contributed by atoms with Crippen molar-refractivity contribution in [2.24, 2.45) is 11.3 Å². The van der Waals surface area contributed by atoms with Crippen molar-refractivity contribution < 1.29 is 54.6 Å². The topological polar surface area (TPSA) is 124 Å². The molecule has 1 aliphatic heterocycles. The van der Waals surface area contributed by atoms with Crippen molar-refractivity contribution in [2.75, 3.05) is 31.6 Å². The monoisotopic (exact) mass is 630 g/mol. The number of carbonyl (C=O) groups is 2. The Kier molecular flexibility index (Phi) is 12.0. The number of aliphatic carboxylic acids is 2. The Hall–Kier alpha value is -2.65. The number of benzene rings is 1. The van der Waals surface area contributed by atoms with Crippen LogP contribution in [-0.4, -0.2) is 91.5 Å². The van der Waals surface area contributed by atoms with Gasteiger partial charge >= 0.3 is 24.3 Å². The summed E-state index contributed by atoms with van der Waals surface area (Å²) in [5.74, 6) is -4.48. The van der Waals surface area contributed by atoms with Gasteiger partial charge in [0, 0.05) is 31.4 Å². The van der Waals surface area contributed by atoms with Crippen LogP contribution in [-0.2, 0) is 19.4 Å². The third kappa shape index (κ3) is 11.9. The number of nitrogens with one attached hydrogen (secondary N) is 1. The number of nitrogens with zero attached hydrogens (tertiary/aromatic N) is 1. The number of alkyl halides is 6. The Labute approximate surface area is 240 Å². The molecule has 2 saturated carbocycles. The fraction of sp³-hybridized carbons (Fsp3) is 0.630. The van der Waals surface area contributed by atoms with Crippen LogP contribution in [0.25, 0.3) is 6.08 Å². The van der Waals surface area contributed by atoms with Crippen molar-refractivity contribution in [3.8, 4) is 0 Å². The molecule has 8 nitrogen and oxygen atoms in total. The normalized spacial score (nSPS) is 22.0. The van der Waals surface area contributed by atoms with Crippen molar-refractivity contribution in [1.29, 1.82) is 0 Å². The van der Waals surface area contributed by atoms with E-state index in [0.29, 0.717) is 23.3 Å². The quantitative estimate of drug-likeness (QED) is 0.338. The lowest BCUT2D eigenvalue weighted by Gasteiger charge is -2.59. The van der Waals surface area contributed by atoms with Gasteiger partial charge in [-0.1, -0.05) is 48.9 Å². The van der Waals surface area contributed by atoms with Crippen LogP contribution >= 0.6 is 0 Å². The average molecular weight is 631 g/mol. The van der Waals surface area contributed by atoms with Crippen LogP contribution in [0.5, 0.6) is 0 Å².